The summed E-state index contributed by atoms with van der Waals surface area (Å²) in [4.78, 5) is 19.8. The number of pyridine rings is 1. The lowest BCUT2D eigenvalue weighted by atomic mass is 10.1. The monoisotopic (exact) mass is 671 g/mol. The van der Waals surface area contributed by atoms with Crippen molar-refractivity contribution >= 4 is 75.4 Å². The minimum Gasteiger partial charge on any atom is -0.456 e. The van der Waals surface area contributed by atoms with E-state index in [1.54, 1.807) is 11.3 Å². The molecule has 6 nitrogen and oxygen atoms in total. The number of furan rings is 1. The maximum Gasteiger partial charge on any atom is 0.164 e. The van der Waals surface area contributed by atoms with Crippen LogP contribution in [0, 0.1) is 0 Å². The van der Waals surface area contributed by atoms with Crippen LogP contribution in [0.5, 0.6) is 0 Å². The van der Waals surface area contributed by atoms with Gasteiger partial charge in [-0.25, -0.2) is 19.9 Å². The van der Waals surface area contributed by atoms with E-state index in [0.29, 0.717) is 17.5 Å². The predicted octanol–water partition coefficient (Wildman–Crippen LogP) is 11.6. The largest absolute Gasteiger partial charge is 0.456 e. The van der Waals surface area contributed by atoms with E-state index in [-0.39, 0.29) is 0 Å². The first-order valence-electron chi connectivity index (χ1n) is 16.8. The van der Waals surface area contributed by atoms with Gasteiger partial charge < -0.3 is 4.42 Å². The minimum absolute atomic E-state index is 0.591. The number of aromatic nitrogens is 5. The van der Waals surface area contributed by atoms with Gasteiger partial charge in [0.05, 0.1) is 11.2 Å². The molecule has 11 aromatic rings. The zero-order chi connectivity index (χ0) is 33.5. The van der Waals surface area contributed by atoms with Crippen LogP contribution in [0.4, 0.5) is 0 Å². The summed E-state index contributed by atoms with van der Waals surface area (Å²) < 4.78 is 11.3. The first kappa shape index (κ1) is 28.2. The Morgan fingerprint density at radius 3 is 1.96 bits per heavy atom. The number of para-hydroxylation sites is 1. The normalized spacial score (nSPS) is 11.9. The molecule has 0 fully saturated rings. The average Bonchev–Trinajstić information content (AvgIpc) is 3.86. The van der Waals surface area contributed by atoms with E-state index in [0.717, 1.165) is 60.9 Å². The first-order chi connectivity index (χ1) is 25.2. The summed E-state index contributed by atoms with van der Waals surface area (Å²) in [6, 6.07) is 50.2. The molecule has 0 atom stereocenters. The molecular formula is C44H25N5OS. The highest BCUT2D eigenvalue weighted by molar-refractivity contribution is 7.25. The Kier molecular flexibility index (Phi) is 6.02. The molecule has 0 amide bonds. The van der Waals surface area contributed by atoms with Crippen molar-refractivity contribution in [3.63, 3.8) is 0 Å². The number of thiophene rings is 1. The Morgan fingerprint density at radius 2 is 1.10 bits per heavy atom. The molecule has 0 aliphatic rings. The Balaban J connectivity index is 1.06. The average molecular weight is 672 g/mol. The van der Waals surface area contributed by atoms with Crippen LogP contribution in [0.1, 0.15) is 0 Å². The zero-order valence-corrected chi connectivity index (χ0v) is 27.8. The topological polar surface area (TPSA) is 69.6 Å². The van der Waals surface area contributed by atoms with Crippen LogP contribution >= 0.6 is 11.3 Å². The maximum atomic E-state index is 6.58. The van der Waals surface area contributed by atoms with Gasteiger partial charge in [-0.05, 0) is 66.7 Å². The molecule has 0 N–H and O–H groups in total. The van der Waals surface area contributed by atoms with E-state index in [1.807, 2.05) is 48.7 Å². The molecule has 0 spiro atoms. The standard InChI is InChI=1S/C44H25N5OS/c1-2-9-26(10-3-1)41-46-42(27-17-21-40-35(23-27)33-12-5-7-15-39(33)51-40)48-43(47-41)28-16-19-31-32-20-18-29(25-38(32)50-37(31)24-28)49-36-14-6-4-11-30(36)34-13-8-22-45-44(34)49/h1-25H. The van der Waals surface area contributed by atoms with Crippen molar-refractivity contribution in [1.29, 1.82) is 0 Å². The highest BCUT2D eigenvalue weighted by Gasteiger charge is 2.18. The van der Waals surface area contributed by atoms with Crippen LogP contribution in [0.15, 0.2) is 156 Å². The fourth-order valence-electron chi connectivity index (χ4n) is 7.32. The molecule has 6 aromatic carbocycles. The van der Waals surface area contributed by atoms with Gasteiger partial charge in [-0.3, -0.25) is 4.57 Å². The fourth-order valence-corrected chi connectivity index (χ4v) is 8.40. The number of hydrogen-bond donors (Lipinski definition) is 0. The highest BCUT2D eigenvalue weighted by Crippen LogP contribution is 2.38. The number of rotatable bonds is 4. The molecule has 7 heteroatoms. The van der Waals surface area contributed by atoms with Crippen molar-refractivity contribution in [3.05, 3.63) is 152 Å². The van der Waals surface area contributed by atoms with Crippen molar-refractivity contribution in [3.8, 4) is 39.9 Å². The number of hydrogen-bond acceptors (Lipinski definition) is 6. The van der Waals surface area contributed by atoms with Gasteiger partial charge in [-0.1, -0.05) is 72.8 Å². The summed E-state index contributed by atoms with van der Waals surface area (Å²) in [7, 11) is 0. The van der Waals surface area contributed by atoms with Crippen molar-refractivity contribution < 1.29 is 4.42 Å². The SMILES string of the molecule is c1ccc(-c2nc(-c3ccc4c(c3)oc3cc(-n5c6ccccc6c6cccnc65)ccc34)nc(-c3ccc4sc5ccccc5c4c3)n2)cc1. The Hall–Kier alpha value is -6.70. The molecule has 5 aromatic heterocycles. The summed E-state index contributed by atoms with van der Waals surface area (Å²) in [5.74, 6) is 1.85. The molecule has 51 heavy (non-hydrogen) atoms. The maximum absolute atomic E-state index is 6.58. The fraction of sp³-hybridized carbons (Fsp3) is 0. The van der Waals surface area contributed by atoms with Crippen LogP contribution in [-0.2, 0) is 0 Å². The van der Waals surface area contributed by atoms with E-state index < -0.39 is 0 Å². The Bertz CT molecular complexity index is 3100. The lowest BCUT2D eigenvalue weighted by molar-refractivity contribution is 0.668. The third-order valence-corrected chi connectivity index (χ3v) is 10.9. The molecule has 0 saturated carbocycles. The third-order valence-electron chi connectivity index (χ3n) is 9.71. The molecular weight excluding hydrogens is 647 g/mol. The quantitative estimate of drug-likeness (QED) is 0.186. The van der Waals surface area contributed by atoms with E-state index in [4.69, 9.17) is 24.4 Å². The summed E-state index contributed by atoms with van der Waals surface area (Å²) in [5.41, 5.74) is 7.34. The number of benzene rings is 6. The van der Waals surface area contributed by atoms with Crippen molar-refractivity contribution in [2.45, 2.75) is 0 Å². The van der Waals surface area contributed by atoms with Crippen molar-refractivity contribution in [2.75, 3.05) is 0 Å². The molecule has 0 bridgehead atoms. The van der Waals surface area contributed by atoms with Crippen LogP contribution in [0.25, 0.3) is 104 Å². The summed E-state index contributed by atoms with van der Waals surface area (Å²) in [6.45, 7) is 0. The molecule has 0 radical (unpaired) electrons. The van der Waals surface area contributed by atoms with Gasteiger partial charge in [-0.2, -0.15) is 0 Å². The Morgan fingerprint density at radius 1 is 0.451 bits per heavy atom. The summed E-state index contributed by atoms with van der Waals surface area (Å²) >= 11 is 1.80. The minimum atomic E-state index is 0.591. The third kappa shape index (κ3) is 4.42. The molecule has 0 saturated heterocycles. The number of fused-ring (bicyclic) bond motifs is 9. The van der Waals surface area contributed by atoms with E-state index in [9.17, 15) is 0 Å². The van der Waals surface area contributed by atoms with Crippen molar-refractivity contribution in [2.24, 2.45) is 0 Å². The van der Waals surface area contributed by atoms with Gasteiger partial charge in [0.15, 0.2) is 17.5 Å². The lowest BCUT2D eigenvalue weighted by Gasteiger charge is -2.08. The molecule has 11 rings (SSSR count). The van der Waals surface area contributed by atoms with Crippen molar-refractivity contribution in [1.82, 2.24) is 24.5 Å². The predicted molar refractivity (Wildman–Crippen MR) is 208 cm³/mol. The second-order valence-electron chi connectivity index (χ2n) is 12.7. The zero-order valence-electron chi connectivity index (χ0n) is 27.0. The molecule has 0 aliphatic carbocycles. The van der Waals surface area contributed by atoms with Crippen LogP contribution in [0.2, 0.25) is 0 Å². The Labute approximate surface area is 294 Å². The van der Waals surface area contributed by atoms with Gasteiger partial charge >= 0.3 is 0 Å². The smallest absolute Gasteiger partial charge is 0.164 e. The van der Waals surface area contributed by atoms with E-state index >= 15 is 0 Å². The lowest BCUT2D eigenvalue weighted by Crippen LogP contribution is -2.00. The molecule has 238 valence electrons. The summed E-state index contributed by atoms with van der Waals surface area (Å²) in [5, 5.41) is 6.82. The number of nitrogens with zero attached hydrogens (tertiary/aromatic N) is 5. The second kappa shape index (κ2) is 10.9. The van der Waals surface area contributed by atoms with Gasteiger partial charge in [-0.15, -0.1) is 11.3 Å². The van der Waals surface area contributed by atoms with Gasteiger partial charge in [0, 0.05) is 70.7 Å². The first-order valence-corrected chi connectivity index (χ1v) is 17.6. The van der Waals surface area contributed by atoms with Gasteiger partial charge in [0.2, 0.25) is 0 Å². The van der Waals surface area contributed by atoms with Gasteiger partial charge in [0.25, 0.3) is 0 Å². The van der Waals surface area contributed by atoms with Crippen LogP contribution in [0.3, 0.4) is 0 Å². The molecule has 0 unspecified atom stereocenters. The van der Waals surface area contributed by atoms with E-state index in [2.05, 4.69) is 108 Å². The summed E-state index contributed by atoms with van der Waals surface area (Å²) in [6.07, 6.45) is 1.84. The van der Waals surface area contributed by atoms with Crippen LogP contribution in [-0.4, -0.2) is 24.5 Å². The second-order valence-corrected chi connectivity index (χ2v) is 13.8. The molecule has 0 aliphatic heterocycles. The van der Waals surface area contributed by atoms with Gasteiger partial charge in [0.1, 0.15) is 16.8 Å². The van der Waals surface area contributed by atoms with E-state index in [1.165, 1.54) is 25.6 Å². The van der Waals surface area contributed by atoms with Crippen LogP contribution < -0.4 is 0 Å². The molecule has 5 heterocycles. The highest BCUT2D eigenvalue weighted by atomic mass is 32.1.